The molecule has 0 aromatic heterocycles. The highest BCUT2D eigenvalue weighted by Crippen LogP contribution is 2.37. The van der Waals surface area contributed by atoms with E-state index in [0.717, 1.165) is 30.4 Å². The number of piperidine rings is 1. The smallest absolute Gasteiger partial charge is 0.407 e. The number of benzene rings is 3. The van der Waals surface area contributed by atoms with Gasteiger partial charge in [-0.05, 0) is 72.9 Å². The fourth-order valence-corrected chi connectivity index (χ4v) is 6.31. The molecule has 3 N–H and O–H groups in total. The molecule has 3 aromatic rings. The Bertz CT molecular complexity index is 1420. The summed E-state index contributed by atoms with van der Waals surface area (Å²) in [5.74, 6) is -0.202. The highest BCUT2D eigenvalue weighted by atomic mass is 127. The minimum atomic E-state index is -1.15. The molecule has 0 bridgehead atoms. The van der Waals surface area contributed by atoms with Crippen LogP contribution >= 0.6 is 23.0 Å². The lowest BCUT2D eigenvalue weighted by Gasteiger charge is -2.40. The molecule has 0 radical (unpaired) electrons. The Hall–Kier alpha value is -3.48. The van der Waals surface area contributed by atoms with Crippen molar-refractivity contribution >= 4 is 46.6 Å². The lowest BCUT2D eigenvalue weighted by molar-refractivity contribution is -0.144. The summed E-state index contributed by atoms with van der Waals surface area (Å²) < 4.78 is 10.6. The summed E-state index contributed by atoms with van der Waals surface area (Å²) >= 11 is 1.65. The first kappa shape index (κ1) is 31.0. The summed E-state index contributed by atoms with van der Waals surface area (Å²) in [5, 5.41) is 16.2. The van der Waals surface area contributed by atoms with Crippen LogP contribution in [0.15, 0.2) is 78.9 Å². The summed E-state index contributed by atoms with van der Waals surface area (Å²) in [6, 6.07) is 24.6. The average molecular weight is 698 g/mol. The molecular weight excluding hydrogens is 661 g/mol. The minimum Gasteiger partial charge on any atom is -0.445 e. The molecule has 1 saturated carbocycles. The van der Waals surface area contributed by atoms with E-state index in [4.69, 9.17) is 7.80 Å². The zero-order chi connectivity index (χ0) is 30.2. The van der Waals surface area contributed by atoms with Gasteiger partial charge < -0.3 is 25.4 Å². The van der Waals surface area contributed by atoms with Crippen molar-refractivity contribution in [2.24, 2.45) is 0 Å². The van der Waals surface area contributed by atoms with E-state index in [9.17, 15) is 19.5 Å². The van der Waals surface area contributed by atoms with Crippen molar-refractivity contribution in [3.8, 4) is 0 Å². The standard InChI is InChI=1S/C33H36IN3O6/c34-43-29(33(41)15-6-16-33)30(38)36-28-12-5-11-27(20-28)31(39)37-17-13-25(14-18-37)26-10-4-9-24(19-26)21-35-32(40)42-22-23-7-2-1-3-8-23/h1-5,7-12,19-20,25,29,41H,6,13-18,21-22H2,(H,35,40)(H,36,38). The molecule has 9 nitrogen and oxygen atoms in total. The zero-order valence-corrected chi connectivity index (χ0v) is 26.0. The molecule has 1 heterocycles. The van der Waals surface area contributed by atoms with Crippen LogP contribution < -0.4 is 10.6 Å². The number of anilines is 1. The summed E-state index contributed by atoms with van der Waals surface area (Å²) in [7, 11) is 0. The number of nitrogens with zero attached hydrogens (tertiary/aromatic N) is 1. The van der Waals surface area contributed by atoms with Gasteiger partial charge in [-0.3, -0.25) is 12.7 Å². The van der Waals surface area contributed by atoms with Crippen molar-refractivity contribution in [1.29, 1.82) is 0 Å². The highest BCUT2D eigenvalue weighted by molar-refractivity contribution is 14.1. The molecule has 1 aliphatic heterocycles. The van der Waals surface area contributed by atoms with Crippen LogP contribution in [0, 0.1) is 0 Å². The van der Waals surface area contributed by atoms with Gasteiger partial charge in [0.25, 0.3) is 11.8 Å². The van der Waals surface area contributed by atoms with Gasteiger partial charge in [-0.2, -0.15) is 0 Å². The average Bonchev–Trinajstić information content (AvgIpc) is 3.03. The van der Waals surface area contributed by atoms with Gasteiger partial charge in [-0.1, -0.05) is 60.7 Å². The number of nitrogens with one attached hydrogen (secondary N) is 2. The fraction of sp³-hybridized carbons (Fsp3) is 0.364. The monoisotopic (exact) mass is 697 g/mol. The molecule has 3 amide bonds. The van der Waals surface area contributed by atoms with E-state index >= 15 is 0 Å². The third-order valence-electron chi connectivity index (χ3n) is 8.27. The molecule has 43 heavy (non-hydrogen) atoms. The lowest BCUT2D eigenvalue weighted by Crippen LogP contribution is -2.54. The van der Waals surface area contributed by atoms with Crippen molar-refractivity contribution in [2.75, 3.05) is 18.4 Å². The third kappa shape index (κ3) is 7.92. The Morgan fingerprint density at radius 2 is 1.67 bits per heavy atom. The Labute approximate surface area is 265 Å². The van der Waals surface area contributed by atoms with Crippen molar-refractivity contribution < 1.29 is 27.3 Å². The molecule has 1 aliphatic carbocycles. The lowest BCUT2D eigenvalue weighted by atomic mass is 9.76. The number of aliphatic hydroxyl groups is 1. The maximum Gasteiger partial charge on any atom is 0.407 e. The Morgan fingerprint density at radius 1 is 0.953 bits per heavy atom. The van der Waals surface area contributed by atoms with E-state index < -0.39 is 23.7 Å². The van der Waals surface area contributed by atoms with Gasteiger partial charge in [0.05, 0.1) is 0 Å². The maximum atomic E-state index is 13.3. The first-order valence-electron chi connectivity index (χ1n) is 14.6. The van der Waals surface area contributed by atoms with Crippen molar-refractivity contribution in [3.05, 3.63) is 101 Å². The number of amides is 3. The first-order valence-corrected chi connectivity index (χ1v) is 15.5. The number of halogens is 1. The number of alkyl carbamates (subject to hydrolysis) is 1. The second kappa shape index (κ2) is 14.3. The minimum absolute atomic E-state index is 0.0826. The van der Waals surface area contributed by atoms with Crippen LogP contribution in [0.1, 0.15) is 65.1 Å². The van der Waals surface area contributed by atoms with Crippen molar-refractivity contribution in [3.63, 3.8) is 0 Å². The van der Waals surface area contributed by atoms with Crippen molar-refractivity contribution in [2.45, 2.75) is 62.9 Å². The predicted molar refractivity (Wildman–Crippen MR) is 171 cm³/mol. The highest BCUT2D eigenvalue weighted by Gasteiger charge is 2.47. The second-order valence-corrected chi connectivity index (χ2v) is 11.7. The van der Waals surface area contributed by atoms with E-state index in [1.165, 1.54) is 5.56 Å². The van der Waals surface area contributed by atoms with Gasteiger partial charge in [0.1, 0.15) is 35.2 Å². The third-order valence-corrected chi connectivity index (χ3v) is 8.77. The number of hydrogen-bond acceptors (Lipinski definition) is 6. The Morgan fingerprint density at radius 3 is 2.37 bits per heavy atom. The number of ether oxygens (including phenoxy) is 1. The summed E-state index contributed by atoms with van der Waals surface area (Å²) in [4.78, 5) is 40.1. The molecule has 5 rings (SSSR count). The molecule has 226 valence electrons. The zero-order valence-electron chi connectivity index (χ0n) is 23.8. The van der Waals surface area contributed by atoms with Gasteiger partial charge in [-0.25, -0.2) is 4.79 Å². The van der Waals surface area contributed by atoms with Crippen LogP contribution in [-0.4, -0.2) is 52.7 Å². The first-order chi connectivity index (χ1) is 20.8. The van der Waals surface area contributed by atoms with Crippen LogP contribution in [-0.2, 0) is 25.7 Å². The molecule has 10 heteroatoms. The summed E-state index contributed by atoms with van der Waals surface area (Å²) in [6.45, 7) is 1.83. The number of rotatable bonds is 10. The maximum absolute atomic E-state index is 13.3. The van der Waals surface area contributed by atoms with Gasteiger partial charge in [-0.15, -0.1) is 0 Å². The molecular formula is C33H36IN3O6. The van der Waals surface area contributed by atoms with Gasteiger partial charge in [0.15, 0.2) is 6.10 Å². The number of carbonyl (C=O) groups is 3. The van der Waals surface area contributed by atoms with Crippen LogP contribution in [0.4, 0.5) is 10.5 Å². The van der Waals surface area contributed by atoms with E-state index in [1.54, 1.807) is 47.3 Å². The normalized spacial score (nSPS) is 16.9. The van der Waals surface area contributed by atoms with E-state index in [0.29, 0.717) is 49.6 Å². The van der Waals surface area contributed by atoms with E-state index in [2.05, 4.69) is 22.8 Å². The quantitative estimate of drug-likeness (QED) is 0.234. The van der Waals surface area contributed by atoms with Crippen LogP contribution in [0.5, 0.6) is 0 Å². The Kier molecular flexibility index (Phi) is 10.3. The predicted octanol–water partition coefficient (Wildman–Crippen LogP) is 5.72. The summed E-state index contributed by atoms with van der Waals surface area (Å²) in [5.41, 5.74) is 2.95. The molecule has 3 aromatic carbocycles. The van der Waals surface area contributed by atoms with Crippen LogP contribution in [0.3, 0.4) is 0 Å². The fourth-order valence-electron chi connectivity index (χ4n) is 5.61. The van der Waals surface area contributed by atoms with Crippen molar-refractivity contribution in [1.82, 2.24) is 10.2 Å². The molecule has 2 fully saturated rings. The number of hydrogen-bond donors (Lipinski definition) is 3. The van der Waals surface area contributed by atoms with E-state index in [1.807, 2.05) is 47.4 Å². The van der Waals surface area contributed by atoms with Gasteiger partial charge >= 0.3 is 6.09 Å². The second-order valence-electron chi connectivity index (χ2n) is 11.2. The molecule has 0 spiro atoms. The molecule has 1 atom stereocenters. The van der Waals surface area contributed by atoms with E-state index in [-0.39, 0.29) is 12.5 Å². The van der Waals surface area contributed by atoms with Gasteiger partial charge in [0, 0.05) is 30.9 Å². The van der Waals surface area contributed by atoms with Gasteiger partial charge in [0.2, 0.25) is 0 Å². The topological polar surface area (TPSA) is 117 Å². The number of likely N-dealkylation sites (tertiary alicyclic amines) is 1. The summed E-state index contributed by atoms with van der Waals surface area (Å²) in [6.07, 6.45) is 2.12. The van der Waals surface area contributed by atoms with Crippen LogP contribution in [0.25, 0.3) is 0 Å². The Balaban J connectivity index is 1.11. The molecule has 2 aliphatic rings. The molecule has 1 saturated heterocycles. The van der Waals surface area contributed by atoms with Crippen LogP contribution in [0.2, 0.25) is 0 Å². The molecule has 1 unspecified atom stereocenters. The SMILES string of the molecule is O=C(NCc1cccc(C2CCN(C(=O)c3cccc(NC(=O)C(OI)C4(O)CCC4)c3)CC2)c1)OCc1ccccc1. The number of carbonyl (C=O) groups excluding carboxylic acids is 3. The largest absolute Gasteiger partial charge is 0.445 e.